The molecule has 27 heavy (non-hydrogen) atoms. The van der Waals surface area contributed by atoms with Gasteiger partial charge in [-0.25, -0.2) is 4.79 Å². The smallest absolute Gasteiger partial charge is 0.344 e. The Bertz CT molecular complexity index is 791. The van der Waals surface area contributed by atoms with Crippen molar-refractivity contribution in [1.82, 2.24) is 0 Å². The normalized spacial score (nSPS) is 11.4. The van der Waals surface area contributed by atoms with Gasteiger partial charge in [0.25, 0.3) is 5.91 Å². The topological polar surface area (TPSA) is 73.9 Å². The highest BCUT2D eigenvalue weighted by Gasteiger charge is 2.19. The molecule has 0 aliphatic rings. The van der Waals surface area contributed by atoms with Gasteiger partial charge in [0.2, 0.25) is 0 Å². The predicted molar refractivity (Wildman–Crippen MR) is 103 cm³/mol. The molecule has 2 aromatic rings. The molecule has 0 unspecified atom stereocenters. The molecule has 2 rings (SSSR count). The summed E-state index contributed by atoms with van der Waals surface area (Å²) >= 11 is 5.93. The standard InChI is InChI=1S/C20H22ClNO5/c1-4-25-16-7-9-17(10-8-16)26-12-19(23)27-14(3)20(24)22-18-11-15(21)6-5-13(18)2/h5-11,14H,4,12H2,1-3H3,(H,22,24)/t14-/m0/s1. The van der Waals surface area contributed by atoms with Gasteiger partial charge in [-0.1, -0.05) is 17.7 Å². The molecule has 1 amide bonds. The minimum Gasteiger partial charge on any atom is -0.494 e. The first kappa shape index (κ1) is 20.6. The molecule has 0 fully saturated rings. The number of benzene rings is 2. The largest absolute Gasteiger partial charge is 0.494 e. The van der Waals surface area contributed by atoms with Crippen molar-refractivity contribution < 1.29 is 23.8 Å². The Kier molecular flexibility index (Phi) is 7.49. The third-order valence-electron chi connectivity index (χ3n) is 3.63. The van der Waals surface area contributed by atoms with Crippen LogP contribution < -0.4 is 14.8 Å². The second-order valence-electron chi connectivity index (χ2n) is 5.77. The molecular weight excluding hydrogens is 370 g/mol. The van der Waals surface area contributed by atoms with Crippen molar-refractivity contribution in [2.24, 2.45) is 0 Å². The fraction of sp³-hybridized carbons (Fsp3) is 0.300. The average molecular weight is 392 g/mol. The summed E-state index contributed by atoms with van der Waals surface area (Å²) in [5.74, 6) is 0.125. The molecule has 0 aliphatic heterocycles. The molecular formula is C20H22ClNO5. The number of halogens is 1. The van der Waals surface area contributed by atoms with E-state index in [0.29, 0.717) is 28.8 Å². The summed E-state index contributed by atoms with van der Waals surface area (Å²) in [5, 5.41) is 3.20. The van der Waals surface area contributed by atoms with Crippen LogP contribution >= 0.6 is 11.6 Å². The summed E-state index contributed by atoms with van der Waals surface area (Å²) in [4.78, 5) is 24.1. The minimum atomic E-state index is -0.972. The first-order valence-corrected chi connectivity index (χ1v) is 8.89. The van der Waals surface area contributed by atoms with E-state index in [9.17, 15) is 9.59 Å². The maximum absolute atomic E-state index is 12.2. The van der Waals surface area contributed by atoms with Crippen molar-refractivity contribution in [2.45, 2.75) is 26.9 Å². The van der Waals surface area contributed by atoms with Crippen molar-refractivity contribution in [3.05, 3.63) is 53.1 Å². The van der Waals surface area contributed by atoms with Crippen LogP contribution in [0, 0.1) is 6.92 Å². The molecule has 2 aromatic carbocycles. The van der Waals surface area contributed by atoms with Crippen molar-refractivity contribution >= 4 is 29.2 Å². The van der Waals surface area contributed by atoms with Crippen LogP contribution in [-0.4, -0.2) is 31.2 Å². The molecule has 0 aromatic heterocycles. The van der Waals surface area contributed by atoms with E-state index in [0.717, 1.165) is 5.56 Å². The third-order valence-corrected chi connectivity index (χ3v) is 3.86. The number of anilines is 1. The van der Waals surface area contributed by atoms with Gasteiger partial charge in [0.15, 0.2) is 12.7 Å². The molecule has 0 spiro atoms. The lowest BCUT2D eigenvalue weighted by molar-refractivity contribution is -0.155. The van der Waals surface area contributed by atoms with Crippen LogP contribution in [0.2, 0.25) is 5.02 Å². The summed E-state index contributed by atoms with van der Waals surface area (Å²) in [7, 11) is 0. The molecule has 144 valence electrons. The number of nitrogens with one attached hydrogen (secondary N) is 1. The summed E-state index contributed by atoms with van der Waals surface area (Å²) in [6, 6.07) is 12.0. The zero-order valence-electron chi connectivity index (χ0n) is 15.5. The van der Waals surface area contributed by atoms with E-state index in [2.05, 4.69) is 5.32 Å². The molecule has 0 radical (unpaired) electrons. The van der Waals surface area contributed by atoms with Gasteiger partial charge < -0.3 is 19.5 Å². The Morgan fingerprint density at radius 3 is 2.33 bits per heavy atom. The fourth-order valence-corrected chi connectivity index (χ4v) is 2.36. The lowest BCUT2D eigenvalue weighted by Crippen LogP contribution is -2.31. The van der Waals surface area contributed by atoms with Crippen LogP contribution in [0.5, 0.6) is 11.5 Å². The number of ether oxygens (including phenoxy) is 3. The first-order chi connectivity index (χ1) is 12.9. The second-order valence-corrected chi connectivity index (χ2v) is 6.21. The SMILES string of the molecule is CCOc1ccc(OCC(=O)O[C@@H](C)C(=O)Nc2cc(Cl)ccc2C)cc1. The van der Waals surface area contributed by atoms with E-state index >= 15 is 0 Å². The zero-order chi connectivity index (χ0) is 19.8. The van der Waals surface area contributed by atoms with E-state index in [-0.39, 0.29) is 6.61 Å². The number of amides is 1. The number of rotatable bonds is 8. The Labute approximate surface area is 163 Å². The van der Waals surface area contributed by atoms with Crippen LogP contribution in [0.3, 0.4) is 0 Å². The fourth-order valence-electron chi connectivity index (χ4n) is 2.19. The van der Waals surface area contributed by atoms with E-state index in [1.807, 2.05) is 13.8 Å². The van der Waals surface area contributed by atoms with Crippen LogP contribution in [0.25, 0.3) is 0 Å². The summed E-state index contributed by atoms with van der Waals surface area (Å²) in [5.41, 5.74) is 1.42. The Morgan fingerprint density at radius 2 is 1.70 bits per heavy atom. The third kappa shape index (κ3) is 6.49. The van der Waals surface area contributed by atoms with Gasteiger partial charge in [-0.05, 0) is 62.7 Å². The first-order valence-electron chi connectivity index (χ1n) is 8.51. The molecule has 1 atom stereocenters. The Morgan fingerprint density at radius 1 is 1.07 bits per heavy atom. The number of hydrogen-bond acceptors (Lipinski definition) is 5. The monoisotopic (exact) mass is 391 g/mol. The van der Waals surface area contributed by atoms with Gasteiger partial charge in [-0.15, -0.1) is 0 Å². The molecule has 0 saturated carbocycles. The molecule has 6 nitrogen and oxygen atoms in total. The van der Waals surface area contributed by atoms with Crippen molar-refractivity contribution in [3.8, 4) is 11.5 Å². The van der Waals surface area contributed by atoms with E-state index < -0.39 is 18.0 Å². The summed E-state index contributed by atoms with van der Waals surface area (Å²) in [6.07, 6.45) is -0.972. The van der Waals surface area contributed by atoms with E-state index in [4.69, 9.17) is 25.8 Å². The molecule has 0 bridgehead atoms. The Balaban J connectivity index is 1.82. The number of carbonyl (C=O) groups is 2. The summed E-state index contributed by atoms with van der Waals surface area (Å²) < 4.78 is 15.8. The maximum Gasteiger partial charge on any atom is 0.344 e. The maximum atomic E-state index is 12.2. The van der Waals surface area contributed by atoms with Gasteiger partial charge in [-0.2, -0.15) is 0 Å². The Hall–Kier alpha value is -2.73. The average Bonchev–Trinajstić information content (AvgIpc) is 2.64. The molecule has 7 heteroatoms. The van der Waals surface area contributed by atoms with Crippen LogP contribution in [0.1, 0.15) is 19.4 Å². The highest BCUT2D eigenvalue weighted by Crippen LogP contribution is 2.20. The molecule has 0 saturated heterocycles. The van der Waals surface area contributed by atoms with Crippen LogP contribution in [-0.2, 0) is 14.3 Å². The van der Waals surface area contributed by atoms with Gasteiger partial charge in [-0.3, -0.25) is 4.79 Å². The summed E-state index contributed by atoms with van der Waals surface area (Å²) in [6.45, 7) is 5.49. The van der Waals surface area contributed by atoms with Crippen LogP contribution in [0.15, 0.2) is 42.5 Å². The predicted octanol–water partition coefficient (Wildman–Crippen LogP) is 4.00. The van der Waals surface area contributed by atoms with E-state index in [1.165, 1.54) is 6.92 Å². The number of aryl methyl sites for hydroxylation is 1. The van der Waals surface area contributed by atoms with Crippen molar-refractivity contribution in [2.75, 3.05) is 18.5 Å². The lowest BCUT2D eigenvalue weighted by atomic mass is 10.2. The molecule has 0 aliphatic carbocycles. The second kappa shape index (κ2) is 9.83. The molecule has 1 N–H and O–H groups in total. The zero-order valence-corrected chi connectivity index (χ0v) is 16.2. The van der Waals surface area contributed by atoms with Crippen LogP contribution in [0.4, 0.5) is 5.69 Å². The highest BCUT2D eigenvalue weighted by molar-refractivity contribution is 6.31. The van der Waals surface area contributed by atoms with Gasteiger partial charge in [0.05, 0.1) is 6.61 Å². The minimum absolute atomic E-state index is 0.304. The quantitative estimate of drug-likeness (QED) is 0.688. The number of carbonyl (C=O) groups excluding carboxylic acids is 2. The van der Waals surface area contributed by atoms with Crippen molar-refractivity contribution in [1.29, 1.82) is 0 Å². The van der Waals surface area contributed by atoms with Gasteiger partial charge in [0, 0.05) is 10.7 Å². The van der Waals surface area contributed by atoms with E-state index in [1.54, 1.807) is 42.5 Å². The molecule has 0 heterocycles. The number of esters is 1. The lowest BCUT2D eigenvalue weighted by Gasteiger charge is -2.15. The van der Waals surface area contributed by atoms with Crippen molar-refractivity contribution in [3.63, 3.8) is 0 Å². The van der Waals surface area contributed by atoms with Gasteiger partial charge in [0.1, 0.15) is 11.5 Å². The van der Waals surface area contributed by atoms with Gasteiger partial charge >= 0.3 is 5.97 Å². The number of hydrogen-bond donors (Lipinski definition) is 1. The highest BCUT2D eigenvalue weighted by atomic mass is 35.5.